The molecule has 4 nitrogen and oxygen atoms in total. The van der Waals surface area contributed by atoms with Gasteiger partial charge in [-0.05, 0) is 17.7 Å². The van der Waals surface area contributed by atoms with E-state index in [2.05, 4.69) is 4.98 Å². The highest BCUT2D eigenvalue weighted by Crippen LogP contribution is 2.28. The number of nitrogens with zero attached hydrogens (tertiary/aromatic N) is 3. The lowest BCUT2D eigenvalue weighted by molar-refractivity contribution is -0.119. The minimum atomic E-state index is -2.88. The molecule has 120 valence electrons. The van der Waals surface area contributed by atoms with Crippen LogP contribution in [0.3, 0.4) is 0 Å². The average molecular weight is 325 g/mol. The number of benzene rings is 2. The average Bonchev–Trinajstić information content (AvgIpc) is 2.95. The van der Waals surface area contributed by atoms with Crippen molar-refractivity contribution in [2.75, 3.05) is 0 Å². The van der Waals surface area contributed by atoms with Gasteiger partial charge in [0.05, 0.1) is 17.1 Å². The fourth-order valence-corrected chi connectivity index (χ4v) is 2.64. The van der Waals surface area contributed by atoms with Gasteiger partial charge in [0.2, 0.25) is 0 Å². The summed E-state index contributed by atoms with van der Waals surface area (Å²) >= 11 is 0. The molecule has 6 heteroatoms. The number of Topliss-reactive ketones (excluding diaryl/α,β-unsaturated/α-hetero) is 1. The summed E-state index contributed by atoms with van der Waals surface area (Å²) in [6, 6.07) is 17.0. The van der Waals surface area contributed by atoms with Crippen LogP contribution in [0.2, 0.25) is 0 Å². The number of carbonyl (C=O) groups is 1. The predicted octanol–water partition coefficient (Wildman–Crippen LogP) is 3.85. The summed E-state index contributed by atoms with van der Waals surface area (Å²) in [5, 5.41) is 9.39. The summed E-state index contributed by atoms with van der Waals surface area (Å²) in [7, 11) is 0. The number of alkyl halides is 2. The summed E-state index contributed by atoms with van der Waals surface area (Å²) in [5.41, 5.74) is 1.26. The fraction of sp³-hybridized carbons (Fsp3) is 0.167. The summed E-state index contributed by atoms with van der Waals surface area (Å²) in [5.74, 6) is -2.01. The molecular weight excluding hydrogens is 312 g/mol. The van der Waals surface area contributed by atoms with Gasteiger partial charge in [0.15, 0.2) is 11.7 Å². The molecule has 0 aliphatic rings. The number of imidazole rings is 1. The Hall–Kier alpha value is -3.07. The van der Waals surface area contributed by atoms with E-state index in [1.54, 1.807) is 42.5 Å². The molecule has 24 heavy (non-hydrogen) atoms. The van der Waals surface area contributed by atoms with Crippen LogP contribution in [-0.4, -0.2) is 15.3 Å². The number of halogens is 2. The van der Waals surface area contributed by atoms with Crippen LogP contribution in [0.4, 0.5) is 8.78 Å². The largest absolute Gasteiger partial charge is 0.320 e. The van der Waals surface area contributed by atoms with E-state index >= 15 is 0 Å². The topological polar surface area (TPSA) is 58.7 Å². The lowest BCUT2D eigenvalue weighted by atomic mass is 9.98. The third-order valence-corrected chi connectivity index (χ3v) is 3.75. The highest BCUT2D eigenvalue weighted by molar-refractivity contribution is 5.90. The molecular formula is C18H13F2N3O. The predicted molar refractivity (Wildman–Crippen MR) is 84.5 cm³/mol. The summed E-state index contributed by atoms with van der Waals surface area (Å²) in [4.78, 5) is 16.6. The van der Waals surface area contributed by atoms with Gasteiger partial charge in [-0.3, -0.25) is 9.36 Å². The van der Waals surface area contributed by atoms with E-state index in [4.69, 9.17) is 0 Å². The number of nitriles is 1. The first-order valence-electron chi connectivity index (χ1n) is 7.33. The smallest absolute Gasteiger partial charge is 0.297 e. The number of carbonyl (C=O) groups excluding carboxylic acids is 1. The molecule has 1 heterocycles. The molecule has 2 aromatic carbocycles. The van der Waals surface area contributed by atoms with Crippen LogP contribution in [0.15, 0.2) is 54.6 Å². The van der Waals surface area contributed by atoms with Crippen molar-refractivity contribution < 1.29 is 13.6 Å². The van der Waals surface area contributed by atoms with Gasteiger partial charge in [0.25, 0.3) is 0 Å². The first kappa shape index (κ1) is 15.8. The molecule has 0 saturated heterocycles. The van der Waals surface area contributed by atoms with Gasteiger partial charge < -0.3 is 0 Å². The van der Waals surface area contributed by atoms with E-state index in [0.717, 1.165) is 5.56 Å². The molecule has 1 aromatic heterocycles. The van der Waals surface area contributed by atoms with Gasteiger partial charge in [-0.25, -0.2) is 4.98 Å². The van der Waals surface area contributed by atoms with E-state index in [-0.39, 0.29) is 17.8 Å². The second-order valence-electron chi connectivity index (χ2n) is 5.30. The molecule has 0 N–H and O–H groups in total. The van der Waals surface area contributed by atoms with Crippen LogP contribution in [0, 0.1) is 11.3 Å². The third kappa shape index (κ3) is 2.88. The molecule has 0 spiro atoms. The number of para-hydroxylation sites is 2. The number of fused-ring (bicyclic) bond motifs is 1. The van der Waals surface area contributed by atoms with Crippen LogP contribution in [0.1, 0.15) is 23.9 Å². The maximum atomic E-state index is 13.5. The van der Waals surface area contributed by atoms with Crippen LogP contribution in [0.5, 0.6) is 0 Å². The second-order valence-corrected chi connectivity index (χ2v) is 5.30. The molecule has 0 radical (unpaired) electrons. The van der Waals surface area contributed by atoms with Gasteiger partial charge in [-0.2, -0.15) is 14.0 Å². The Bertz CT molecular complexity index is 913. The highest BCUT2D eigenvalue weighted by Gasteiger charge is 2.29. The molecule has 3 aromatic rings. The molecule has 0 fully saturated rings. The van der Waals surface area contributed by atoms with Crippen molar-refractivity contribution in [3.05, 3.63) is 66.0 Å². The second kappa shape index (κ2) is 6.59. The minimum Gasteiger partial charge on any atom is -0.297 e. The van der Waals surface area contributed by atoms with E-state index < -0.39 is 18.3 Å². The number of rotatable bonds is 5. The fourth-order valence-electron chi connectivity index (χ4n) is 2.64. The molecule has 1 atom stereocenters. The van der Waals surface area contributed by atoms with Gasteiger partial charge in [0, 0.05) is 6.42 Å². The normalized spacial score (nSPS) is 12.2. The lowest BCUT2D eigenvalue weighted by Crippen LogP contribution is -2.18. The van der Waals surface area contributed by atoms with E-state index in [1.165, 1.54) is 6.07 Å². The first-order chi connectivity index (χ1) is 11.6. The molecule has 1 unspecified atom stereocenters. The van der Waals surface area contributed by atoms with Gasteiger partial charge in [-0.15, -0.1) is 0 Å². The van der Waals surface area contributed by atoms with Gasteiger partial charge >= 0.3 is 6.55 Å². The Balaban J connectivity index is 2.02. The first-order valence-corrected chi connectivity index (χ1v) is 7.33. The Labute approximate surface area is 137 Å². The van der Waals surface area contributed by atoms with Crippen LogP contribution in [-0.2, 0) is 11.2 Å². The number of ketones is 1. The number of hydrogen-bond acceptors (Lipinski definition) is 3. The van der Waals surface area contributed by atoms with Gasteiger partial charge in [-0.1, -0.05) is 42.5 Å². The van der Waals surface area contributed by atoms with E-state index in [9.17, 15) is 18.8 Å². The van der Waals surface area contributed by atoms with Gasteiger partial charge in [0.1, 0.15) is 5.82 Å². The zero-order valence-electron chi connectivity index (χ0n) is 12.6. The quantitative estimate of drug-likeness (QED) is 0.716. The van der Waals surface area contributed by atoms with Crippen LogP contribution in [0.25, 0.3) is 11.0 Å². The number of hydrogen-bond donors (Lipinski definition) is 0. The van der Waals surface area contributed by atoms with Crippen molar-refractivity contribution in [3.8, 4) is 6.07 Å². The molecule has 0 aliphatic heterocycles. The highest BCUT2D eigenvalue weighted by atomic mass is 19.3. The lowest BCUT2D eigenvalue weighted by Gasteiger charge is -2.11. The van der Waals surface area contributed by atoms with Crippen molar-refractivity contribution in [2.45, 2.75) is 18.9 Å². The monoisotopic (exact) mass is 325 g/mol. The molecule has 0 aliphatic carbocycles. The van der Waals surface area contributed by atoms with Crippen molar-refractivity contribution in [1.29, 1.82) is 5.26 Å². The van der Waals surface area contributed by atoms with E-state index in [0.29, 0.717) is 10.1 Å². The summed E-state index contributed by atoms with van der Waals surface area (Å²) in [6.07, 6.45) is -0.00842. The van der Waals surface area contributed by atoms with Crippen LogP contribution >= 0.6 is 0 Å². The van der Waals surface area contributed by atoms with E-state index in [1.807, 2.05) is 12.1 Å². The standard InChI is InChI=1S/C18H13F2N3O/c19-18(20)23-15-9-5-4-8-14(15)22-17(23)13(11-21)16(24)10-12-6-2-1-3-7-12/h1-9,13,18H,10H2. The Morgan fingerprint density at radius 2 is 1.79 bits per heavy atom. The van der Waals surface area contributed by atoms with Crippen molar-refractivity contribution >= 4 is 16.8 Å². The van der Waals surface area contributed by atoms with Crippen molar-refractivity contribution in [2.24, 2.45) is 0 Å². The summed E-state index contributed by atoms with van der Waals surface area (Å²) in [6.45, 7) is -2.88. The maximum absolute atomic E-state index is 13.5. The SMILES string of the molecule is N#CC(C(=O)Cc1ccccc1)c1nc2ccccc2n1C(F)F. The number of aromatic nitrogens is 2. The zero-order valence-corrected chi connectivity index (χ0v) is 12.6. The third-order valence-electron chi connectivity index (χ3n) is 3.75. The summed E-state index contributed by atoms with van der Waals surface area (Å²) < 4.78 is 27.6. The molecule has 0 saturated carbocycles. The van der Waals surface area contributed by atoms with Crippen LogP contribution < -0.4 is 0 Å². The molecule has 0 bridgehead atoms. The molecule has 0 amide bonds. The minimum absolute atomic E-state index is 0.00842. The van der Waals surface area contributed by atoms with Crippen molar-refractivity contribution in [1.82, 2.24) is 9.55 Å². The Morgan fingerprint density at radius 3 is 2.46 bits per heavy atom. The van der Waals surface area contributed by atoms with Crippen molar-refractivity contribution in [3.63, 3.8) is 0 Å². The Morgan fingerprint density at radius 1 is 1.12 bits per heavy atom. The Kier molecular flexibility index (Phi) is 4.34. The zero-order chi connectivity index (χ0) is 17.1. The maximum Gasteiger partial charge on any atom is 0.320 e. The molecule has 3 rings (SSSR count).